The lowest BCUT2D eigenvalue weighted by atomic mass is 9.92. The van der Waals surface area contributed by atoms with Crippen LogP contribution >= 0.6 is 0 Å². The van der Waals surface area contributed by atoms with Crippen LogP contribution in [-0.2, 0) is 11.2 Å². The van der Waals surface area contributed by atoms with Gasteiger partial charge < -0.3 is 5.11 Å². The van der Waals surface area contributed by atoms with Gasteiger partial charge in [0, 0.05) is 6.20 Å². The Balaban J connectivity index is 2.29. The fraction of sp³-hybridized carbons (Fsp3) is 0.143. The van der Waals surface area contributed by atoms with Crippen molar-refractivity contribution in [3.8, 4) is 0 Å². The van der Waals surface area contributed by atoms with E-state index >= 15 is 0 Å². The number of halogens is 2. The molecule has 0 radical (unpaired) electrons. The van der Waals surface area contributed by atoms with Crippen LogP contribution in [0.25, 0.3) is 0 Å². The van der Waals surface area contributed by atoms with E-state index in [1.807, 2.05) is 0 Å². The van der Waals surface area contributed by atoms with E-state index < -0.39 is 23.5 Å². The lowest BCUT2D eigenvalue weighted by Crippen LogP contribution is -2.15. The maximum Gasteiger partial charge on any atom is 0.311 e. The van der Waals surface area contributed by atoms with E-state index in [1.54, 1.807) is 0 Å². The largest absolute Gasteiger partial charge is 0.481 e. The van der Waals surface area contributed by atoms with Gasteiger partial charge in [0.05, 0.1) is 12.1 Å². The van der Waals surface area contributed by atoms with Crippen molar-refractivity contribution in [3.63, 3.8) is 0 Å². The molecule has 1 heterocycles. The minimum atomic E-state index is -1.09. The summed E-state index contributed by atoms with van der Waals surface area (Å²) >= 11 is 0. The molecule has 0 fully saturated rings. The number of aromatic nitrogens is 1. The summed E-state index contributed by atoms with van der Waals surface area (Å²) in [6.45, 7) is 0. The first-order chi connectivity index (χ1) is 9.06. The van der Waals surface area contributed by atoms with Crippen molar-refractivity contribution >= 4 is 5.97 Å². The number of aliphatic carboxylic acids is 1. The Kier molecular flexibility index (Phi) is 3.85. The van der Waals surface area contributed by atoms with Gasteiger partial charge >= 0.3 is 5.97 Å². The molecule has 0 bridgehead atoms. The van der Waals surface area contributed by atoms with Crippen molar-refractivity contribution in [2.24, 2.45) is 0 Å². The smallest absolute Gasteiger partial charge is 0.311 e. The Morgan fingerprint density at radius 3 is 2.63 bits per heavy atom. The zero-order valence-electron chi connectivity index (χ0n) is 9.88. The average molecular weight is 263 g/mol. The van der Waals surface area contributed by atoms with Crippen molar-refractivity contribution in [1.29, 1.82) is 0 Å². The average Bonchev–Trinajstić information content (AvgIpc) is 2.35. The normalized spacial score (nSPS) is 12.1. The Labute approximate surface area is 108 Å². The summed E-state index contributed by atoms with van der Waals surface area (Å²) in [4.78, 5) is 14.9. The summed E-state index contributed by atoms with van der Waals surface area (Å²) in [5.74, 6) is -3.05. The molecule has 98 valence electrons. The quantitative estimate of drug-likeness (QED) is 0.922. The van der Waals surface area contributed by atoms with Crippen molar-refractivity contribution in [2.75, 3.05) is 0 Å². The standard InChI is InChI=1S/C14H11F2NO2/c15-11-3-1-2-10(6-11)13(14(18)19)5-9-4-12(16)8-17-7-9/h1-4,6-8,13H,5H2,(H,18,19). The van der Waals surface area contributed by atoms with Gasteiger partial charge in [-0.25, -0.2) is 8.78 Å². The maximum atomic E-state index is 13.1. The van der Waals surface area contributed by atoms with E-state index in [9.17, 15) is 18.7 Å². The lowest BCUT2D eigenvalue weighted by molar-refractivity contribution is -0.138. The molecule has 0 aliphatic heterocycles. The second-order valence-electron chi connectivity index (χ2n) is 4.16. The molecule has 2 rings (SSSR count). The van der Waals surface area contributed by atoms with Gasteiger partial charge in [-0.15, -0.1) is 0 Å². The second-order valence-corrected chi connectivity index (χ2v) is 4.16. The van der Waals surface area contributed by atoms with Gasteiger partial charge in [0.2, 0.25) is 0 Å². The number of carbonyl (C=O) groups is 1. The molecular formula is C14H11F2NO2. The number of carboxylic acids is 1. The predicted octanol–water partition coefficient (Wildman–Crippen LogP) is 2.77. The molecule has 1 atom stereocenters. The van der Waals surface area contributed by atoms with Crippen LogP contribution in [-0.4, -0.2) is 16.1 Å². The molecular weight excluding hydrogens is 252 g/mol. The highest BCUT2D eigenvalue weighted by atomic mass is 19.1. The van der Waals surface area contributed by atoms with Crippen molar-refractivity contribution in [3.05, 3.63) is 65.5 Å². The van der Waals surface area contributed by atoms with Gasteiger partial charge in [-0.2, -0.15) is 0 Å². The highest BCUT2D eigenvalue weighted by Gasteiger charge is 2.21. The third kappa shape index (κ3) is 3.34. The maximum absolute atomic E-state index is 13.1. The third-order valence-corrected chi connectivity index (χ3v) is 2.75. The monoisotopic (exact) mass is 263 g/mol. The van der Waals surface area contributed by atoms with E-state index in [2.05, 4.69) is 4.98 Å². The van der Waals surface area contributed by atoms with Crippen LogP contribution in [0.5, 0.6) is 0 Å². The summed E-state index contributed by atoms with van der Waals surface area (Å²) in [7, 11) is 0. The van der Waals surface area contributed by atoms with Gasteiger partial charge in [-0.05, 0) is 35.7 Å². The van der Waals surface area contributed by atoms with Gasteiger partial charge in [0.1, 0.15) is 11.6 Å². The van der Waals surface area contributed by atoms with Crippen molar-refractivity contribution in [2.45, 2.75) is 12.3 Å². The number of carboxylic acid groups (broad SMARTS) is 1. The molecule has 0 saturated heterocycles. The number of nitrogens with zero attached hydrogens (tertiary/aromatic N) is 1. The number of hydrogen-bond donors (Lipinski definition) is 1. The van der Waals surface area contributed by atoms with Gasteiger partial charge in [0.15, 0.2) is 0 Å². The van der Waals surface area contributed by atoms with Crippen LogP contribution in [0.4, 0.5) is 8.78 Å². The Morgan fingerprint density at radius 2 is 2.00 bits per heavy atom. The summed E-state index contributed by atoms with van der Waals surface area (Å²) in [6, 6.07) is 6.62. The zero-order valence-corrected chi connectivity index (χ0v) is 9.88. The lowest BCUT2D eigenvalue weighted by Gasteiger charge is -2.12. The van der Waals surface area contributed by atoms with Crippen LogP contribution in [0.2, 0.25) is 0 Å². The molecule has 1 N–H and O–H groups in total. The van der Waals surface area contributed by atoms with Crippen LogP contribution in [0.3, 0.4) is 0 Å². The summed E-state index contributed by atoms with van der Waals surface area (Å²) in [5, 5.41) is 9.21. The summed E-state index contributed by atoms with van der Waals surface area (Å²) in [5.41, 5.74) is 0.799. The van der Waals surface area contributed by atoms with Crippen molar-refractivity contribution < 1.29 is 18.7 Å². The molecule has 1 aromatic heterocycles. The molecule has 5 heteroatoms. The SMILES string of the molecule is O=C(O)C(Cc1cncc(F)c1)c1cccc(F)c1. The van der Waals surface area contributed by atoms with Crippen molar-refractivity contribution in [1.82, 2.24) is 4.98 Å². The zero-order chi connectivity index (χ0) is 13.8. The molecule has 2 aromatic rings. The third-order valence-electron chi connectivity index (χ3n) is 2.75. The van der Waals surface area contributed by atoms with Gasteiger partial charge in [-0.3, -0.25) is 9.78 Å². The minimum absolute atomic E-state index is 0.0591. The predicted molar refractivity (Wildman–Crippen MR) is 64.7 cm³/mol. The van der Waals surface area contributed by atoms with Crippen LogP contribution in [0.1, 0.15) is 17.0 Å². The Bertz CT molecular complexity index is 602. The fourth-order valence-electron chi connectivity index (χ4n) is 1.87. The molecule has 19 heavy (non-hydrogen) atoms. The first kappa shape index (κ1) is 13.1. The molecule has 0 spiro atoms. The van der Waals surface area contributed by atoms with E-state index in [4.69, 9.17) is 0 Å². The first-order valence-electron chi connectivity index (χ1n) is 5.64. The highest BCUT2D eigenvalue weighted by molar-refractivity contribution is 5.76. The fourth-order valence-corrected chi connectivity index (χ4v) is 1.87. The molecule has 0 aliphatic rings. The van der Waals surface area contributed by atoms with E-state index in [1.165, 1.54) is 36.5 Å². The Morgan fingerprint density at radius 1 is 1.21 bits per heavy atom. The van der Waals surface area contributed by atoms with E-state index in [-0.39, 0.29) is 6.42 Å². The highest BCUT2D eigenvalue weighted by Crippen LogP contribution is 2.22. The first-order valence-corrected chi connectivity index (χ1v) is 5.64. The second kappa shape index (κ2) is 5.56. The van der Waals surface area contributed by atoms with Crippen LogP contribution in [0, 0.1) is 11.6 Å². The van der Waals surface area contributed by atoms with E-state index in [0.717, 1.165) is 6.20 Å². The Hall–Kier alpha value is -2.30. The summed E-state index contributed by atoms with van der Waals surface area (Å²) in [6.07, 6.45) is 2.50. The molecule has 1 unspecified atom stereocenters. The number of pyridine rings is 1. The van der Waals surface area contributed by atoms with E-state index in [0.29, 0.717) is 11.1 Å². The van der Waals surface area contributed by atoms with Crippen LogP contribution < -0.4 is 0 Å². The number of benzene rings is 1. The van der Waals surface area contributed by atoms with Gasteiger partial charge in [0.25, 0.3) is 0 Å². The summed E-state index contributed by atoms with van der Waals surface area (Å²) < 4.78 is 26.1. The number of rotatable bonds is 4. The van der Waals surface area contributed by atoms with Crippen LogP contribution in [0.15, 0.2) is 42.7 Å². The molecule has 0 aliphatic carbocycles. The molecule has 1 aromatic carbocycles. The topological polar surface area (TPSA) is 50.2 Å². The van der Waals surface area contributed by atoms with Gasteiger partial charge in [-0.1, -0.05) is 12.1 Å². The molecule has 0 amide bonds. The number of hydrogen-bond acceptors (Lipinski definition) is 2. The minimum Gasteiger partial charge on any atom is -0.481 e. The molecule has 3 nitrogen and oxygen atoms in total. The molecule has 0 saturated carbocycles.